The van der Waals surface area contributed by atoms with Gasteiger partial charge in [-0.05, 0) is 61.0 Å². The number of aromatic nitrogens is 2. The average molecular weight is 474 g/mol. The molecule has 3 aromatic carbocycles. The van der Waals surface area contributed by atoms with Crippen molar-refractivity contribution in [2.24, 2.45) is 0 Å². The third kappa shape index (κ3) is 4.23. The van der Waals surface area contributed by atoms with Gasteiger partial charge in [-0.1, -0.05) is 29.4 Å². The molecule has 0 aliphatic carbocycles. The number of methoxy groups -OCH3 is 1. The molecule has 0 saturated heterocycles. The molecule has 7 nitrogen and oxygen atoms in total. The maximum absolute atomic E-state index is 14.1. The molecule has 9 heteroatoms. The van der Waals surface area contributed by atoms with Gasteiger partial charge in [-0.15, -0.1) is 0 Å². The van der Waals surface area contributed by atoms with Crippen molar-refractivity contribution in [3.05, 3.63) is 102 Å². The third-order valence-electron chi connectivity index (χ3n) is 5.74. The number of ether oxygens (including phenoxy) is 1. The minimum atomic E-state index is -0.756. The van der Waals surface area contributed by atoms with Crippen molar-refractivity contribution in [3.8, 4) is 17.1 Å². The van der Waals surface area contributed by atoms with Gasteiger partial charge in [0.05, 0.1) is 24.4 Å². The lowest BCUT2D eigenvalue weighted by Gasteiger charge is -2.35. The second-order valence-electron chi connectivity index (χ2n) is 7.90. The molecular weight excluding hydrogens is 454 g/mol. The highest BCUT2D eigenvalue weighted by Gasteiger charge is 2.36. The van der Waals surface area contributed by atoms with Crippen molar-refractivity contribution in [2.45, 2.75) is 13.0 Å². The Morgan fingerprint density at radius 2 is 1.77 bits per heavy atom. The molecule has 1 aliphatic heterocycles. The summed E-state index contributed by atoms with van der Waals surface area (Å²) in [6.07, 6.45) is 0. The molecule has 1 atom stereocenters. The molecule has 35 heavy (non-hydrogen) atoms. The number of urea groups is 1. The predicted octanol–water partition coefficient (Wildman–Crippen LogP) is 5.73. The fourth-order valence-corrected chi connectivity index (χ4v) is 4.07. The van der Waals surface area contributed by atoms with E-state index in [9.17, 15) is 13.6 Å². The van der Waals surface area contributed by atoms with Crippen LogP contribution in [0.2, 0.25) is 0 Å². The van der Waals surface area contributed by atoms with Gasteiger partial charge in [0.25, 0.3) is 5.89 Å². The highest BCUT2D eigenvalue weighted by molar-refractivity contribution is 6.01. The van der Waals surface area contributed by atoms with Crippen molar-refractivity contribution in [3.63, 3.8) is 0 Å². The van der Waals surface area contributed by atoms with E-state index in [0.717, 1.165) is 0 Å². The van der Waals surface area contributed by atoms with Crippen LogP contribution >= 0.6 is 0 Å². The second-order valence-corrected chi connectivity index (χ2v) is 7.90. The molecule has 0 fully saturated rings. The predicted molar refractivity (Wildman–Crippen MR) is 125 cm³/mol. The van der Waals surface area contributed by atoms with E-state index in [1.54, 1.807) is 44.4 Å². The quantitative estimate of drug-likeness (QED) is 0.400. The Hall–Kier alpha value is -4.53. The van der Waals surface area contributed by atoms with Crippen LogP contribution in [-0.2, 0) is 0 Å². The molecule has 1 unspecified atom stereocenters. The van der Waals surface area contributed by atoms with E-state index in [2.05, 4.69) is 15.5 Å². The fourth-order valence-electron chi connectivity index (χ4n) is 4.07. The van der Waals surface area contributed by atoms with Crippen LogP contribution in [0.4, 0.5) is 19.3 Å². The minimum absolute atomic E-state index is 0.154. The molecule has 2 heterocycles. The summed E-state index contributed by atoms with van der Waals surface area (Å²) in [4.78, 5) is 19.1. The van der Waals surface area contributed by atoms with Gasteiger partial charge in [0.2, 0.25) is 5.82 Å². The minimum Gasteiger partial charge on any atom is -0.497 e. The molecule has 4 aromatic rings. The van der Waals surface area contributed by atoms with Gasteiger partial charge in [0, 0.05) is 11.3 Å². The number of allylic oxidation sites excluding steroid dienone is 1. The SMILES string of the molecule is COc1cccc(-c2noc(C3=C(C)N(c4ccc(F)cc4)C(=O)NC3c3cccc(F)c3)n2)c1. The van der Waals surface area contributed by atoms with E-state index < -0.39 is 23.7 Å². The molecule has 0 bridgehead atoms. The summed E-state index contributed by atoms with van der Waals surface area (Å²) < 4.78 is 38.5. The van der Waals surface area contributed by atoms with Crippen molar-refractivity contribution >= 4 is 17.3 Å². The number of halogens is 2. The molecule has 0 spiro atoms. The first-order valence-electron chi connectivity index (χ1n) is 10.8. The van der Waals surface area contributed by atoms with Crippen molar-refractivity contribution in [1.82, 2.24) is 15.5 Å². The van der Waals surface area contributed by atoms with Crippen LogP contribution in [0.3, 0.4) is 0 Å². The van der Waals surface area contributed by atoms with Crippen LogP contribution in [0.1, 0.15) is 24.4 Å². The Morgan fingerprint density at radius 3 is 2.51 bits per heavy atom. The van der Waals surface area contributed by atoms with Crippen LogP contribution in [0, 0.1) is 11.6 Å². The molecule has 5 rings (SSSR count). The van der Waals surface area contributed by atoms with E-state index in [1.165, 1.54) is 41.3 Å². The maximum Gasteiger partial charge on any atom is 0.326 e. The van der Waals surface area contributed by atoms with E-state index >= 15 is 0 Å². The highest BCUT2D eigenvalue weighted by atomic mass is 19.1. The molecule has 176 valence electrons. The number of amides is 2. The Bertz CT molecular complexity index is 1430. The van der Waals surface area contributed by atoms with Crippen LogP contribution in [0.5, 0.6) is 5.75 Å². The number of rotatable bonds is 5. The molecule has 0 radical (unpaired) electrons. The topological polar surface area (TPSA) is 80.5 Å². The number of nitrogens with zero attached hydrogens (tertiary/aromatic N) is 3. The van der Waals surface area contributed by atoms with Crippen molar-refractivity contribution in [2.75, 3.05) is 12.0 Å². The summed E-state index contributed by atoms with van der Waals surface area (Å²) in [5, 5.41) is 7.01. The third-order valence-corrected chi connectivity index (χ3v) is 5.74. The second kappa shape index (κ2) is 9.02. The number of hydrogen-bond acceptors (Lipinski definition) is 5. The number of nitrogens with one attached hydrogen (secondary N) is 1. The number of carbonyl (C=O) groups is 1. The van der Waals surface area contributed by atoms with Crippen LogP contribution in [0.15, 0.2) is 83.0 Å². The zero-order valence-electron chi connectivity index (χ0n) is 18.8. The van der Waals surface area contributed by atoms with Crippen LogP contribution < -0.4 is 15.0 Å². The smallest absolute Gasteiger partial charge is 0.326 e. The lowest BCUT2D eigenvalue weighted by atomic mass is 9.94. The lowest BCUT2D eigenvalue weighted by molar-refractivity contribution is 0.244. The van der Waals surface area contributed by atoms with Crippen molar-refractivity contribution < 1.29 is 22.8 Å². The molecule has 1 aromatic heterocycles. The molecule has 1 aliphatic rings. The van der Waals surface area contributed by atoms with Gasteiger partial charge < -0.3 is 14.6 Å². The first kappa shape index (κ1) is 22.3. The van der Waals surface area contributed by atoms with Crippen molar-refractivity contribution in [1.29, 1.82) is 0 Å². The Morgan fingerprint density at radius 1 is 1.00 bits per heavy atom. The molecule has 0 saturated carbocycles. The Labute approximate surface area is 199 Å². The summed E-state index contributed by atoms with van der Waals surface area (Å²) in [6, 6.07) is 17.4. The van der Waals surface area contributed by atoms with E-state index in [4.69, 9.17) is 9.26 Å². The van der Waals surface area contributed by atoms with Gasteiger partial charge in [-0.2, -0.15) is 4.98 Å². The van der Waals surface area contributed by atoms with E-state index in [-0.39, 0.29) is 5.89 Å². The lowest BCUT2D eigenvalue weighted by Crippen LogP contribution is -2.46. The summed E-state index contributed by atoms with van der Waals surface area (Å²) >= 11 is 0. The highest BCUT2D eigenvalue weighted by Crippen LogP contribution is 2.39. The van der Waals surface area contributed by atoms with Gasteiger partial charge in [-0.3, -0.25) is 4.90 Å². The normalized spacial score (nSPS) is 15.8. The monoisotopic (exact) mass is 474 g/mol. The summed E-state index contributed by atoms with van der Waals surface area (Å²) in [7, 11) is 1.56. The zero-order chi connectivity index (χ0) is 24.5. The van der Waals surface area contributed by atoms with E-state index in [0.29, 0.717) is 39.7 Å². The van der Waals surface area contributed by atoms with E-state index in [1.807, 2.05) is 6.07 Å². The molecule has 2 amide bonds. The van der Waals surface area contributed by atoms with Gasteiger partial charge in [0.1, 0.15) is 17.4 Å². The summed E-state index contributed by atoms with van der Waals surface area (Å²) in [5.41, 5.74) is 2.60. The Kier molecular flexibility index (Phi) is 5.74. The molecular formula is C26H20F2N4O3. The standard InChI is InChI=1S/C26H20F2N4O3/c1-15-22(25-30-24(31-35-25)17-6-4-8-21(14-17)34-2)23(16-5-3-7-19(28)13-16)29-26(33)32(15)20-11-9-18(27)10-12-20/h3-14,23H,1-2H3,(H,29,33). The summed E-state index contributed by atoms with van der Waals surface area (Å²) in [5.74, 6) is 0.237. The van der Waals surface area contributed by atoms with Crippen LogP contribution in [-0.4, -0.2) is 23.3 Å². The average Bonchev–Trinajstić information content (AvgIpc) is 3.35. The Balaban J connectivity index is 1.65. The van der Waals surface area contributed by atoms with Gasteiger partial charge >= 0.3 is 6.03 Å². The van der Waals surface area contributed by atoms with Crippen LogP contribution in [0.25, 0.3) is 17.0 Å². The number of anilines is 1. The largest absolute Gasteiger partial charge is 0.497 e. The zero-order valence-corrected chi connectivity index (χ0v) is 18.8. The summed E-state index contributed by atoms with van der Waals surface area (Å²) in [6.45, 7) is 1.72. The van der Waals surface area contributed by atoms with Gasteiger partial charge in [0.15, 0.2) is 0 Å². The number of carbonyl (C=O) groups excluding carboxylic acids is 1. The maximum atomic E-state index is 14.1. The number of benzene rings is 3. The number of hydrogen-bond donors (Lipinski definition) is 1. The van der Waals surface area contributed by atoms with Gasteiger partial charge in [-0.25, -0.2) is 13.6 Å². The first-order chi connectivity index (χ1) is 16.9. The molecule has 1 N–H and O–H groups in total. The first-order valence-corrected chi connectivity index (χ1v) is 10.8. The fraction of sp³-hybridized carbons (Fsp3) is 0.115.